The fourth-order valence-electron chi connectivity index (χ4n) is 4.85. The van der Waals surface area contributed by atoms with Crippen molar-refractivity contribution < 1.29 is 0 Å². The van der Waals surface area contributed by atoms with Crippen molar-refractivity contribution in [3.05, 3.63) is 69.0 Å². The summed E-state index contributed by atoms with van der Waals surface area (Å²) in [5.41, 5.74) is 21.0. The predicted molar refractivity (Wildman–Crippen MR) is 159 cm³/mol. The van der Waals surface area contributed by atoms with Crippen LogP contribution in [-0.2, 0) is 0 Å². The van der Waals surface area contributed by atoms with Gasteiger partial charge in [0.2, 0.25) is 0 Å². The zero-order valence-corrected chi connectivity index (χ0v) is 24.7. The van der Waals surface area contributed by atoms with E-state index in [2.05, 4.69) is 81.5 Å². The Labute approximate surface area is 217 Å². The van der Waals surface area contributed by atoms with Crippen molar-refractivity contribution in [2.45, 2.75) is 114 Å². The van der Waals surface area contributed by atoms with Crippen LogP contribution in [0.3, 0.4) is 0 Å². The number of allylic oxidation sites excluding steroid dienone is 7. The summed E-state index contributed by atoms with van der Waals surface area (Å²) in [5.74, 6) is 0.772. The second kappa shape index (κ2) is 15.4. The smallest absolute Gasteiger partial charge is 0.0317 e. The quantitative estimate of drug-likeness (QED) is 0.224. The van der Waals surface area contributed by atoms with Crippen LogP contribution < -0.4 is 11.5 Å². The highest BCUT2D eigenvalue weighted by molar-refractivity contribution is 7.84. The van der Waals surface area contributed by atoms with Crippen molar-refractivity contribution in [2.75, 3.05) is 0 Å². The molecule has 0 heterocycles. The minimum atomic E-state index is 0.528. The van der Waals surface area contributed by atoms with Crippen LogP contribution >= 0.6 is 12.6 Å². The predicted octanol–water partition coefficient (Wildman–Crippen LogP) is 9.54. The summed E-state index contributed by atoms with van der Waals surface area (Å²) in [6, 6.07) is 0. The van der Waals surface area contributed by atoms with Gasteiger partial charge in [0, 0.05) is 11.4 Å². The molecule has 0 spiro atoms. The van der Waals surface area contributed by atoms with E-state index in [0.717, 1.165) is 42.7 Å². The zero-order chi connectivity index (χ0) is 26.6. The standard InChI is InChI=1S/C20H35NS.C11H19N/c1-7-8-14(2)19(16(4)21)15(3)18(22)13-17-9-11-20(5,6)12-10-17;1-6-11(10(5)12)9(4)7-8(2)3/h17,22H,4,7-13,21H2,1-3,5-6H3;7H,5-6,12H2,1-4H3/b18-15-,19-14-;11-9-. The Morgan fingerprint density at radius 2 is 1.50 bits per heavy atom. The zero-order valence-electron chi connectivity index (χ0n) is 23.8. The maximum atomic E-state index is 6.05. The maximum Gasteiger partial charge on any atom is 0.0317 e. The highest BCUT2D eigenvalue weighted by Gasteiger charge is 2.27. The molecule has 34 heavy (non-hydrogen) atoms. The molecular weight excluding hydrogens is 432 g/mol. The SMILES string of the molecule is C=C(N)/C(CC)=C(/C)C=C(C)C.C=C(N)C(=C(/C)CCC)/C(C)=C(\S)CC1CCC(C)(C)CC1. The minimum Gasteiger partial charge on any atom is -0.399 e. The van der Waals surface area contributed by atoms with Crippen molar-refractivity contribution in [3.63, 3.8) is 0 Å². The molecule has 1 fully saturated rings. The van der Waals surface area contributed by atoms with E-state index in [-0.39, 0.29) is 0 Å². The summed E-state index contributed by atoms with van der Waals surface area (Å²) < 4.78 is 0. The Morgan fingerprint density at radius 3 is 1.88 bits per heavy atom. The molecule has 2 nitrogen and oxygen atoms in total. The molecule has 0 aromatic carbocycles. The fraction of sp³-hybridized carbons (Fsp3) is 0.613. The first-order valence-electron chi connectivity index (χ1n) is 13.0. The molecule has 1 rings (SSSR count). The van der Waals surface area contributed by atoms with Gasteiger partial charge in [-0.25, -0.2) is 0 Å². The van der Waals surface area contributed by atoms with Crippen LogP contribution in [0, 0.1) is 11.3 Å². The Balaban J connectivity index is 0.000000770. The molecule has 1 aliphatic rings. The van der Waals surface area contributed by atoms with Crippen LogP contribution in [0.5, 0.6) is 0 Å². The van der Waals surface area contributed by atoms with Crippen LogP contribution in [0.2, 0.25) is 0 Å². The molecule has 1 aliphatic carbocycles. The molecule has 0 saturated heterocycles. The molecule has 4 N–H and O–H groups in total. The van der Waals surface area contributed by atoms with Crippen LogP contribution in [0.15, 0.2) is 69.0 Å². The lowest BCUT2D eigenvalue weighted by atomic mass is 9.72. The molecule has 0 aromatic heterocycles. The number of rotatable bonds is 9. The molecule has 0 unspecified atom stereocenters. The first-order chi connectivity index (χ1) is 15.7. The van der Waals surface area contributed by atoms with Crippen LogP contribution in [0.4, 0.5) is 0 Å². The molecule has 0 atom stereocenters. The van der Waals surface area contributed by atoms with Crippen LogP contribution in [0.25, 0.3) is 0 Å². The summed E-state index contributed by atoms with van der Waals surface area (Å²) in [7, 11) is 0. The van der Waals surface area contributed by atoms with Crippen molar-refractivity contribution in [2.24, 2.45) is 22.8 Å². The van der Waals surface area contributed by atoms with Gasteiger partial charge >= 0.3 is 0 Å². The second-order valence-corrected chi connectivity index (χ2v) is 11.6. The van der Waals surface area contributed by atoms with Crippen molar-refractivity contribution >= 4 is 12.6 Å². The lowest BCUT2D eigenvalue weighted by Crippen LogP contribution is -2.21. The number of thiol groups is 1. The third kappa shape index (κ3) is 11.7. The molecule has 194 valence electrons. The molecule has 0 amide bonds. The van der Waals surface area contributed by atoms with Gasteiger partial charge in [-0.2, -0.15) is 0 Å². The first-order valence-corrected chi connectivity index (χ1v) is 13.4. The number of hydrogen-bond donors (Lipinski definition) is 3. The summed E-state index contributed by atoms with van der Waals surface area (Å²) in [5, 5.41) is 0. The van der Waals surface area contributed by atoms with E-state index in [1.54, 1.807) is 0 Å². The van der Waals surface area contributed by atoms with E-state index in [0.29, 0.717) is 16.8 Å². The van der Waals surface area contributed by atoms with Gasteiger partial charge in [0.05, 0.1) is 0 Å². The van der Waals surface area contributed by atoms with Crippen LogP contribution in [-0.4, -0.2) is 0 Å². The van der Waals surface area contributed by atoms with E-state index < -0.39 is 0 Å². The highest BCUT2D eigenvalue weighted by atomic mass is 32.1. The lowest BCUT2D eigenvalue weighted by Gasteiger charge is -2.34. The normalized spacial score (nSPS) is 17.9. The van der Waals surface area contributed by atoms with E-state index in [1.165, 1.54) is 52.9 Å². The van der Waals surface area contributed by atoms with Gasteiger partial charge in [-0.1, -0.05) is 64.5 Å². The monoisotopic (exact) mass is 486 g/mol. The average Bonchev–Trinajstić information content (AvgIpc) is 2.69. The minimum absolute atomic E-state index is 0.528. The van der Waals surface area contributed by atoms with Crippen molar-refractivity contribution in [1.29, 1.82) is 0 Å². The van der Waals surface area contributed by atoms with E-state index >= 15 is 0 Å². The van der Waals surface area contributed by atoms with Gasteiger partial charge in [0.25, 0.3) is 0 Å². The van der Waals surface area contributed by atoms with Gasteiger partial charge in [0.15, 0.2) is 0 Å². The Hall–Kier alpha value is -1.61. The van der Waals surface area contributed by atoms with Crippen molar-refractivity contribution in [3.8, 4) is 0 Å². The van der Waals surface area contributed by atoms with E-state index in [1.807, 2.05) is 0 Å². The highest BCUT2D eigenvalue weighted by Crippen LogP contribution is 2.41. The largest absolute Gasteiger partial charge is 0.399 e. The number of hydrogen-bond acceptors (Lipinski definition) is 3. The van der Waals surface area contributed by atoms with Gasteiger partial charge in [0.1, 0.15) is 0 Å². The third-order valence-corrected chi connectivity index (χ3v) is 7.36. The van der Waals surface area contributed by atoms with E-state index in [9.17, 15) is 0 Å². The number of nitrogens with two attached hydrogens (primary N) is 2. The Kier molecular flexibility index (Phi) is 14.7. The topological polar surface area (TPSA) is 52.0 Å². The second-order valence-electron chi connectivity index (χ2n) is 11.1. The van der Waals surface area contributed by atoms with E-state index in [4.69, 9.17) is 24.1 Å². The molecular formula is C31H54N2S. The van der Waals surface area contributed by atoms with Crippen LogP contribution in [0.1, 0.15) is 114 Å². The lowest BCUT2D eigenvalue weighted by molar-refractivity contribution is 0.192. The molecule has 0 aromatic rings. The summed E-state index contributed by atoms with van der Waals surface area (Å²) in [6.07, 6.45) is 11.7. The molecule has 1 saturated carbocycles. The summed E-state index contributed by atoms with van der Waals surface area (Å²) in [6.45, 7) is 27.4. The first kappa shape index (κ1) is 32.4. The Bertz CT molecular complexity index is 819. The van der Waals surface area contributed by atoms with Gasteiger partial charge in [-0.3, -0.25) is 0 Å². The average molecular weight is 487 g/mol. The van der Waals surface area contributed by atoms with Gasteiger partial charge in [-0.15, -0.1) is 12.6 Å². The summed E-state index contributed by atoms with van der Waals surface area (Å²) in [4.78, 5) is 1.20. The van der Waals surface area contributed by atoms with Gasteiger partial charge in [-0.05, 0) is 118 Å². The molecule has 0 radical (unpaired) electrons. The Morgan fingerprint density at radius 1 is 0.971 bits per heavy atom. The molecule has 3 heteroatoms. The molecule has 0 bridgehead atoms. The molecule has 0 aliphatic heterocycles. The third-order valence-electron chi connectivity index (χ3n) is 6.84. The van der Waals surface area contributed by atoms with Gasteiger partial charge < -0.3 is 11.5 Å². The fourth-order valence-corrected chi connectivity index (χ4v) is 5.22. The summed E-state index contributed by atoms with van der Waals surface area (Å²) >= 11 is 4.82. The van der Waals surface area contributed by atoms with Crippen molar-refractivity contribution in [1.82, 2.24) is 0 Å². The maximum absolute atomic E-state index is 6.05.